The molecule has 0 aromatic carbocycles. The molecule has 1 fully saturated rings. The molecule has 6 heteroatoms. The maximum Gasteiger partial charge on any atom is 0.240 e. The van der Waals surface area contributed by atoms with E-state index in [1.54, 1.807) is 0 Å². The summed E-state index contributed by atoms with van der Waals surface area (Å²) >= 11 is 0. The van der Waals surface area contributed by atoms with Crippen LogP contribution >= 0.6 is 0 Å². The van der Waals surface area contributed by atoms with Crippen LogP contribution in [0.1, 0.15) is 38.5 Å². The van der Waals surface area contributed by atoms with Crippen molar-refractivity contribution in [2.24, 2.45) is 11.7 Å². The van der Waals surface area contributed by atoms with Gasteiger partial charge in [-0.2, -0.15) is 4.98 Å². The molecule has 1 aliphatic carbocycles. The molecule has 1 amide bonds. The van der Waals surface area contributed by atoms with Crippen LogP contribution in [0.2, 0.25) is 0 Å². The fourth-order valence-corrected chi connectivity index (χ4v) is 2.56. The third kappa shape index (κ3) is 3.07. The number of aromatic nitrogens is 2. The Morgan fingerprint density at radius 3 is 3.22 bits per heavy atom. The zero-order valence-electron chi connectivity index (χ0n) is 10.7. The Kier molecular flexibility index (Phi) is 3.96. The highest BCUT2D eigenvalue weighted by atomic mass is 16.5. The molecule has 3 N–H and O–H groups in total. The lowest BCUT2D eigenvalue weighted by molar-refractivity contribution is -0.128. The highest BCUT2D eigenvalue weighted by Gasteiger charge is 2.37. The largest absolute Gasteiger partial charge is 0.354 e. The van der Waals surface area contributed by atoms with Crippen molar-refractivity contribution in [3.8, 4) is 0 Å². The summed E-state index contributed by atoms with van der Waals surface area (Å²) in [7, 11) is 0. The number of carbonyl (C=O) groups is 1. The molecule has 2 rings (SSSR count). The molecule has 0 bridgehead atoms. The van der Waals surface area contributed by atoms with Crippen molar-refractivity contribution < 1.29 is 9.32 Å². The van der Waals surface area contributed by atoms with Crippen LogP contribution in [0.5, 0.6) is 0 Å². The van der Waals surface area contributed by atoms with E-state index >= 15 is 0 Å². The third-order valence-corrected chi connectivity index (χ3v) is 3.52. The molecule has 18 heavy (non-hydrogen) atoms. The summed E-state index contributed by atoms with van der Waals surface area (Å²) in [5.74, 6) is 0.984. The first kappa shape index (κ1) is 13.0. The molecular formula is C12H20N4O2. The van der Waals surface area contributed by atoms with Gasteiger partial charge in [0.25, 0.3) is 0 Å². The minimum atomic E-state index is -0.702. The lowest BCUT2D eigenvalue weighted by Gasteiger charge is -2.35. The van der Waals surface area contributed by atoms with Crippen LogP contribution in [0.4, 0.5) is 0 Å². The molecule has 1 aromatic rings. The molecule has 0 saturated heterocycles. The number of nitrogens with one attached hydrogen (secondary N) is 1. The molecule has 0 aliphatic heterocycles. The Morgan fingerprint density at radius 2 is 2.56 bits per heavy atom. The van der Waals surface area contributed by atoms with E-state index in [0.717, 1.165) is 25.7 Å². The predicted molar refractivity (Wildman–Crippen MR) is 65.6 cm³/mol. The fraction of sp³-hybridized carbons (Fsp3) is 0.750. The van der Waals surface area contributed by atoms with Gasteiger partial charge in [0.1, 0.15) is 0 Å². The van der Waals surface area contributed by atoms with E-state index < -0.39 is 5.54 Å². The van der Waals surface area contributed by atoms with Crippen LogP contribution in [0.25, 0.3) is 0 Å². The van der Waals surface area contributed by atoms with Crippen molar-refractivity contribution in [1.29, 1.82) is 0 Å². The van der Waals surface area contributed by atoms with Gasteiger partial charge in [-0.15, -0.1) is 0 Å². The average molecular weight is 252 g/mol. The number of hydrogen-bond acceptors (Lipinski definition) is 5. The van der Waals surface area contributed by atoms with Gasteiger partial charge in [-0.05, 0) is 18.8 Å². The van der Waals surface area contributed by atoms with Crippen molar-refractivity contribution in [2.45, 2.75) is 44.6 Å². The molecule has 2 atom stereocenters. The van der Waals surface area contributed by atoms with Gasteiger partial charge >= 0.3 is 0 Å². The van der Waals surface area contributed by atoms with Gasteiger partial charge in [-0.25, -0.2) is 0 Å². The van der Waals surface area contributed by atoms with E-state index in [1.165, 1.54) is 6.33 Å². The summed E-state index contributed by atoms with van der Waals surface area (Å²) in [5, 5.41) is 6.37. The molecule has 1 aromatic heterocycles. The third-order valence-electron chi connectivity index (χ3n) is 3.52. The van der Waals surface area contributed by atoms with Gasteiger partial charge in [-0.3, -0.25) is 4.79 Å². The second kappa shape index (κ2) is 5.48. The molecule has 1 heterocycles. The molecule has 100 valence electrons. The Balaban J connectivity index is 1.80. The van der Waals surface area contributed by atoms with Crippen LogP contribution in [-0.2, 0) is 11.2 Å². The van der Waals surface area contributed by atoms with Gasteiger partial charge in [-0.1, -0.05) is 24.9 Å². The lowest BCUT2D eigenvalue weighted by atomic mass is 9.76. The fourth-order valence-electron chi connectivity index (χ4n) is 2.56. The maximum atomic E-state index is 12.1. The van der Waals surface area contributed by atoms with E-state index in [9.17, 15) is 4.79 Å². The van der Waals surface area contributed by atoms with Crippen molar-refractivity contribution in [3.05, 3.63) is 12.2 Å². The second-order valence-electron chi connectivity index (χ2n) is 5.20. The highest BCUT2D eigenvalue weighted by molar-refractivity contribution is 5.86. The highest BCUT2D eigenvalue weighted by Crippen LogP contribution is 2.30. The molecule has 6 nitrogen and oxygen atoms in total. The van der Waals surface area contributed by atoms with E-state index in [1.807, 2.05) is 0 Å². The minimum absolute atomic E-state index is 0.0615. The van der Waals surface area contributed by atoms with Crippen LogP contribution in [-0.4, -0.2) is 28.1 Å². The van der Waals surface area contributed by atoms with E-state index in [4.69, 9.17) is 10.3 Å². The lowest BCUT2D eigenvalue weighted by Crippen LogP contribution is -2.56. The zero-order valence-corrected chi connectivity index (χ0v) is 10.7. The summed E-state index contributed by atoms with van der Waals surface area (Å²) < 4.78 is 4.86. The summed E-state index contributed by atoms with van der Waals surface area (Å²) in [6.45, 7) is 2.63. The smallest absolute Gasteiger partial charge is 0.240 e. The first-order valence-electron chi connectivity index (χ1n) is 6.43. The van der Waals surface area contributed by atoms with Crippen molar-refractivity contribution in [1.82, 2.24) is 15.5 Å². The molecule has 1 saturated carbocycles. The van der Waals surface area contributed by atoms with E-state index in [-0.39, 0.29) is 5.91 Å². The predicted octanol–water partition coefficient (Wildman–Crippen LogP) is 0.636. The van der Waals surface area contributed by atoms with Gasteiger partial charge in [0, 0.05) is 13.0 Å². The number of hydrogen-bond donors (Lipinski definition) is 2. The minimum Gasteiger partial charge on any atom is -0.354 e. The molecule has 2 unspecified atom stereocenters. The Bertz CT molecular complexity index is 393. The number of amides is 1. The monoisotopic (exact) mass is 252 g/mol. The van der Waals surface area contributed by atoms with Crippen LogP contribution in [0, 0.1) is 5.92 Å². The number of nitrogens with two attached hydrogens (primary N) is 1. The van der Waals surface area contributed by atoms with Crippen molar-refractivity contribution in [3.63, 3.8) is 0 Å². The number of nitrogens with zero attached hydrogens (tertiary/aromatic N) is 2. The Hall–Kier alpha value is -1.43. The first-order chi connectivity index (χ1) is 8.60. The first-order valence-corrected chi connectivity index (χ1v) is 6.43. The van der Waals surface area contributed by atoms with Crippen LogP contribution in [0.3, 0.4) is 0 Å². The number of carbonyl (C=O) groups excluding carboxylic acids is 1. The standard InChI is InChI=1S/C12H20N4O2/c1-9-3-2-5-12(13,7-9)11(17)14-6-4-10-15-8-16-18-10/h8-9H,2-7,13H2,1H3,(H,14,17). The normalized spacial score (nSPS) is 28.0. The summed E-state index contributed by atoms with van der Waals surface area (Å²) in [5.41, 5.74) is 5.49. The summed E-state index contributed by atoms with van der Waals surface area (Å²) in [6.07, 6.45) is 5.61. The van der Waals surface area contributed by atoms with Crippen LogP contribution in [0.15, 0.2) is 10.9 Å². The SMILES string of the molecule is CC1CCCC(N)(C(=O)NCCc2ncno2)C1. The summed E-state index contributed by atoms with van der Waals surface area (Å²) in [6, 6.07) is 0. The van der Waals surface area contributed by atoms with E-state index in [2.05, 4.69) is 22.4 Å². The Labute approximate surface area is 106 Å². The second-order valence-corrected chi connectivity index (χ2v) is 5.20. The maximum absolute atomic E-state index is 12.1. The molecule has 1 aliphatic rings. The molecule has 0 spiro atoms. The quantitative estimate of drug-likeness (QED) is 0.820. The van der Waals surface area contributed by atoms with Gasteiger partial charge in [0.2, 0.25) is 11.8 Å². The summed E-state index contributed by atoms with van der Waals surface area (Å²) in [4.78, 5) is 16.0. The average Bonchev–Trinajstić information content (AvgIpc) is 2.81. The van der Waals surface area contributed by atoms with E-state index in [0.29, 0.717) is 24.8 Å². The Morgan fingerprint density at radius 1 is 1.72 bits per heavy atom. The van der Waals surface area contributed by atoms with Crippen molar-refractivity contribution in [2.75, 3.05) is 6.54 Å². The zero-order chi connectivity index (χ0) is 13.0. The number of rotatable bonds is 4. The van der Waals surface area contributed by atoms with Gasteiger partial charge in [0.05, 0.1) is 5.54 Å². The van der Waals surface area contributed by atoms with Gasteiger partial charge in [0.15, 0.2) is 6.33 Å². The molecular weight excluding hydrogens is 232 g/mol. The molecule has 0 radical (unpaired) electrons. The van der Waals surface area contributed by atoms with Crippen molar-refractivity contribution >= 4 is 5.91 Å². The van der Waals surface area contributed by atoms with Gasteiger partial charge < -0.3 is 15.6 Å². The topological polar surface area (TPSA) is 94.0 Å². The van der Waals surface area contributed by atoms with Crippen LogP contribution < -0.4 is 11.1 Å².